The Bertz CT molecular complexity index is 926. The minimum absolute atomic E-state index is 0.230. The summed E-state index contributed by atoms with van der Waals surface area (Å²) in [6.07, 6.45) is 2.49. The highest BCUT2D eigenvalue weighted by molar-refractivity contribution is 7.16. The van der Waals surface area contributed by atoms with Gasteiger partial charge in [-0.2, -0.15) is 0 Å². The van der Waals surface area contributed by atoms with Crippen LogP contribution in [0.25, 0.3) is 10.2 Å². The highest BCUT2D eigenvalue weighted by Gasteiger charge is 2.41. The van der Waals surface area contributed by atoms with E-state index < -0.39 is 0 Å². The molecule has 1 saturated heterocycles. The quantitative estimate of drug-likeness (QED) is 0.779. The van der Waals surface area contributed by atoms with Crippen LogP contribution >= 0.6 is 11.3 Å². The average molecular weight is 354 g/mol. The van der Waals surface area contributed by atoms with Crippen LogP contribution < -0.4 is 15.4 Å². The van der Waals surface area contributed by atoms with Crippen LogP contribution in [-0.2, 0) is 4.79 Å². The second-order valence-electron chi connectivity index (χ2n) is 6.03. The molecule has 2 atom stereocenters. The number of fused-ring (bicyclic) bond motifs is 1. The summed E-state index contributed by atoms with van der Waals surface area (Å²) in [7, 11) is 1.63. The second kappa shape index (κ2) is 6.33. The van der Waals surface area contributed by atoms with E-state index in [4.69, 9.17) is 10.5 Å². The van der Waals surface area contributed by atoms with Crippen LogP contribution in [0, 0.1) is 5.92 Å². The van der Waals surface area contributed by atoms with Gasteiger partial charge >= 0.3 is 0 Å². The second-order valence-corrected chi connectivity index (χ2v) is 6.92. The molecule has 2 unspecified atom stereocenters. The number of carbonyl (C=O) groups excluding carboxylic acids is 1. The average Bonchev–Trinajstić information content (AvgIpc) is 3.27. The molecule has 6 nitrogen and oxygen atoms in total. The van der Waals surface area contributed by atoms with Gasteiger partial charge in [0.25, 0.3) is 0 Å². The van der Waals surface area contributed by atoms with Crippen molar-refractivity contribution in [1.29, 1.82) is 0 Å². The number of aromatic nitrogens is 2. The number of rotatable bonds is 4. The maximum Gasteiger partial charge on any atom is 0.227 e. The highest BCUT2D eigenvalue weighted by atomic mass is 32.1. The Morgan fingerprint density at radius 2 is 2.20 bits per heavy atom. The lowest BCUT2D eigenvalue weighted by molar-refractivity contribution is -0.122. The number of nitrogens with two attached hydrogens (primary N) is 1. The van der Waals surface area contributed by atoms with Crippen molar-refractivity contribution < 1.29 is 9.53 Å². The zero-order chi connectivity index (χ0) is 17.4. The largest absolute Gasteiger partial charge is 0.496 e. The number of ether oxygens (including phenoxy) is 1. The Hall–Kier alpha value is -2.67. The number of primary amides is 1. The van der Waals surface area contributed by atoms with E-state index in [-0.39, 0.29) is 17.9 Å². The molecule has 1 aromatic carbocycles. The summed E-state index contributed by atoms with van der Waals surface area (Å²) in [6, 6.07) is 9.49. The number of para-hydroxylation sites is 1. The number of benzene rings is 1. The van der Waals surface area contributed by atoms with E-state index in [2.05, 4.69) is 14.9 Å². The molecule has 1 amide bonds. The van der Waals surface area contributed by atoms with Gasteiger partial charge in [-0.1, -0.05) is 18.2 Å². The van der Waals surface area contributed by atoms with Crippen molar-refractivity contribution in [3.8, 4) is 5.75 Å². The molecule has 3 heterocycles. The molecule has 128 valence electrons. The third-order valence-corrected chi connectivity index (χ3v) is 5.50. The monoisotopic (exact) mass is 354 g/mol. The van der Waals surface area contributed by atoms with E-state index in [1.807, 2.05) is 41.9 Å². The molecule has 1 fully saturated rings. The molecule has 0 saturated carbocycles. The maximum absolute atomic E-state index is 12.0. The first kappa shape index (κ1) is 15.8. The van der Waals surface area contributed by atoms with Crippen molar-refractivity contribution in [2.45, 2.75) is 12.5 Å². The predicted octanol–water partition coefficient (Wildman–Crippen LogP) is 2.75. The molecule has 1 aliphatic rings. The molecule has 0 bridgehead atoms. The van der Waals surface area contributed by atoms with Gasteiger partial charge in [-0.3, -0.25) is 4.79 Å². The maximum atomic E-state index is 12.0. The molecule has 2 aromatic heterocycles. The van der Waals surface area contributed by atoms with E-state index in [1.54, 1.807) is 18.4 Å². The standard InChI is InChI=1S/C18H18N4O2S/c1-24-14-5-3-2-4-12(14)15-13(16(19)23)6-8-22(15)18-20-10-11-7-9-25-17(11)21-18/h2-5,7,9-10,13,15H,6,8H2,1H3,(H2,19,23). The number of amides is 1. The van der Waals surface area contributed by atoms with Gasteiger partial charge in [-0.05, 0) is 23.9 Å². The Labute approximate surface area is 149 Å². The Morgan fingerprint density at radius 1 is 1.36 bits per heavy atom. The van der Waals surface area contributed by atoms with Gasteiger partial charge in [-0.15, -0.1) is 11.3 Å². The number of carbonyl (C=O) groups is 1. The fourth-order valence-corrected chi connectivity index (χ4v) is 4.23. The van der Waals surface area contributed by atoms with Gasteiger partial charge in [0.1, 0.15) is 10.6 Å². The zero-order valence-corrected chi connectivity index (χ0v) is 14.6. The molecule has 3 aromatic rings. The van der Waals surface area contributed by atoms with E-state index in [9.17, 15) is 4.79 Å². The third-order valence-electron chi connectivity index (χ3n) is 4.67. The number of nitrogens with zero attached hydrogens (tertiary/aromatic N) is 3. The molecule has 7 heteroatoms. The van der Waals surface area contributed by atoms with Crippen LogP contribution in [0.4, 0.5) is 5.95 Å². The SMILES string of the molecule is COc1ccccc1C1C(C(N)=O)CCN1c1ncc2ccsc2n1. The summed E-state index contributed by atoms with van der Waals surface area (Å²) in [6.45, 7) is 0.674. The zero-order valence-electron chi connectivity index (χ0n) is 13.8. The van der Waals surface area contributed by atoms with Gasteiger partial charge in [0.2, 0.25) is 11.9 Å². The van der Waals surface area contributed by atoms with Gasteiger partial charge in [0.05, 0.1) is 19.1 Å². The molecular formula is C18H18N4O2S. The summed E-state index contributed by atoms with van der Waals surface area (Å²) < 4.78 is 5.51. The summed E-state index contributed by atoms with van der Waals surface area (Å²) in [5, 5.41) is 3.02. The van der Waals surface area contributed by atoms with Crippen LogP contribution in [0.5, 0.6) is 5.75 Å². The number of methoxy groups -OCH3 is 1. The van der Waals surface area contributed by atoms with Crippen LogP contribution in [-0.4, -0.2) is 29.5 Å². The first-order valence-electron chi connectivity index (χ1n) is 8.08. The Morgan fingerprint density at radius 3 is 3.00 bits per heavy atom. The van der Waals surface area contributed by atoms with Crippen LogP contribution in [0.3, 0.4) is 0 Å². The summed E-state index contributed by atoms with van der Waals surface area (Å²) in [5.74, 6) is 0.743. The third kappa shape index (κ3) is 2.70. The number of anilines is 1. The molecule has 1 aliphatic heterocycles. The first-order valence-corrected chi connectivity index (χ1v) is 8.96. The normalized spacial score (nSPS) is 20.1. The van der Waals surface area contributed by atoms with Crippen molar-refractivity contribution in [2.24, 2.45) is 11.7 Å². The van der Waals surface area contributed by atoms with Crippen molar-refractivity contribution >= 4 is 33.4 Å². The lowest BCUT2D eigenvalue weighted by Gasteiger charge is -2.28. The predicted molar refractivity (Wildman–Crippen MR) is 97.8 cm³/mol. The summed E-state index contributed by atoms with van der Waals surface area (Å²) >= 11 is 1.58. The van der Waals surface area contributed by atoms with E-state index in [0.717, 1.165) is 21.5 Å². The number of thiophene rings is 1. The smallest absolute Gasteiger partial charge is 0.227 e. The molecule has 0 aliphatic carbocycles. The highest BCUT2D eigenvalue weighted by Crippen LogP contribution is 2.42. The Balaban J connectivity index is 1.81. The minimum Gasteiger partial charge on any atom is -0.496 e. The minimum atomic E-state index is -0.310. The molecule has 0 radical (unpaired) electrons. The number of hydrogen-bond donors (Lipinski definition) is 1. The van der Waals surface area contributed by atoms with Gasteiger partial charge < -0.3 is 15.4 Å². The van der Waals surface area contributed by atoms with Crippen LogP contribution in [0.1, 0.15) is 18.0 Å². The van der Waals surface area contributed by atoms with Crippen molar-refractivity contribution in [1.82, 2.24) is 9.97 Å². The van der Waals surface area contributed by atoms with Crippen LogP contribution in [0.15, 0.2) is 41.9 Å². The van der Waals surface area contributed by atoms with Crippen molar-refractivity contribution in [3.05, 3.63) is 47.5 Å². The van der Waals surface area contributed by atoms with Gasteiger partial charge in [-0.25, -0.2) is 9.97 Å². The first-order chi connectivity index (χ1) is 12.2. The Kier molecular flexibility index (Phi) is 4.01. The lowest BCUT2D eigenvalue weighted by Crippen LogP contribution is -2.32. The van der Waals surface area contributed by atoms with Crippen LogP contribution in [0.2, 0.25) is 0 Å². The van der Waals surface area contributed by atoms with Crippen molar-refractivity contribution in [3.63, 3.8) is 0 Å². The fourth-order valence-electron chi connectivity index (χ4n) is 3.50. The fraction of sp³-hybridized carbons (Fsp3) is 0.278. The molecule has 25 heavy (non-hydrogen) atoms. The molecular weight excluding hydrogens is 336 g/mol. The topological polar surface area (TPSA) is 81.3 Å². The molecule has 2 N–H and O–H groups in total. The van der Waals surface area contributed by atoms with E-state index in [0.29, 0.717) is 18.9 Å². The summed E-state index contributed by atoms with van der Waals surface area (Å²) in [4.78, 5) is 24.2. The van der Waals surface area contributed by atoms with Gasteiger partial charge in [0.15, 0.2) is 0 Å². The summed E-state index contributed by atoms with van der Waals surface area (Å²) in [5.41, 5.74) is 6.62. The lowest BCUT2D eigenvalue weighted by atomic mass is 9.92. The molecule has 4 rings (SSSR count). The van der Waals surface area contributed by atoms with Crippen molar-refractivity contribution in [2.75, 3.05) is 18.6 Å². The van der Waals surface area contributed by atoms with Gasteiger partial charge in [0, 0.05) is 23.7 Å². The van der Waals surface area contributed by atoms with E-state index in [1.165, 1.54) is 0 Å². The number of hydrogen-bond acceptors (Lipinski definition) is 6. The molecule has 0 spiro atoms. The van der Waals surface area contributed by atoms with E-state index >= 15 is 0 Å².